The summed E-state index contributed by atoms with van der Waals surface area (Å²) in [7, 11) is 2.56. The van der Waals surface area contributed by atoms with Gasteiger partial charge >= 0.3 is 11.9 Å². The first-order valence-corrected chi connectivity index (χ1v) is 8.21. The van der Waals surface area contributed by atoms with E-state index in [4.69, 9.17) is 4.74 Å². The zero-order valence-corrected chi connectivity index (χ0v) is 14.9. The first kappa shape index (κ1) is 19.1. The maximum Gasteiger partial charge on any atom is 0.354 e. The molecular weight excluding hydrogens is 320 g/mol. The molecule has 0 unspecified atom stereocenters. The predicted molar refractivity (Wildman–Crippen MR) is 87.2 cm³/mol. The Balaban J connectivity index is 2.97. The average molecular weight is 342 g/mol. The molecule has 0 aromatic rings. The molecule has 0 aromatic carbocycles. The van der Waals surface area contributed by atoms with Crippen LogP contribution in [0, 0.1) is 0 Å². The summed E-state index contributed by atoms with van der Waals surface area (Å²) in [6.07, 6.45) is 3.12. The number of methoxy groups -OCH3 is 2. The lowest BCUT2D eigenvalue weighted by Crippen LogP contribution is -2.68. The molecule has 0 bridgehead atoms. The van der Waals surface area contributed by atoms with E-state index >= 15 is 0 Å². The van der Waals surface area contributed by atoms with E-state index in [1.807, 2.05) is 6.26 Å². The first-order valence-electron chi connectivity index (χ1n) is 6.92. The van der Waals surface area contributed by atoms with Crippen LogP contribution < -0.4 is 5.32 Å². The second-order valence-electron chi connectivity index (χ2n) is 5.15. The molecular formula is C15H22N2O5S. The molecule has 23 heavy (non-hydrogen) atoms. The fourth-order valence-corrected chi connectivity index (χ4v) is 3.12. The van der Waals surface area contributed by atoms with E-state index in [-0.39, 0.29) is 17.0 Å². The van der Waals surface area contributed by atoms with Crippen LogP contribution >= 0.6 is 11.8 Å². The third-order valence-corrected chi connectivity index (χ3v) is 4.26. The van der Waals surface area contributed by atoms with E-state index in [1.54, 1.807) is 20.8 Å². The SMILES string of the molecule is COC(=O)/C=C(/C)N[C@H]1C(=O)N(C(C(=O)OC)=C(C)C)[C@@H]1SC. The number of nitrogens with one attached hydrogen (secondary N) is 1. The Morgan fingerprint density at radius 3 is 2.26 bits per heavy atom. The van der Waals surface area contributed by atoms with Crippen molar-refractivity contribution in [3.05, 3.63) is 23.0 Å². The van der Waals surface area contributed by atoms with Crippen LogP contribution in [0.25, 0.3) is 0 Å². The van der Waals surface area contributed by atoms with E-state index in [2.05, 4.69) is 10.1 Å². The van der Waals surface area contributed by atoms with Crippen LogP contribution in [0.3, 0.4) is 0 Å². The van der Waals surface area contributed by atoms with Crippen LogP contribution in [-0.2, 0) is 23.9 Å². The van der Waals surface area contributed by atoms with Gasteiger partial charge in [-0.15, -0.1) is 11.8 Å². The smallest absolute Gasteiger partial charge is 0.354 e. The molecule has 0 saturated carbocycles. The summed E-state index contributed by atoms with van der Waals surface area (Å²) >= 11 is 1.43. The van der Waals surface area contributed by atoms with Gasteiger partial charge in [0.15, 0.2) is 0 Å². The van der Waals surface area contributed by atoms with Crippen molar-refractivity contribution in [2.45, 2.75) is 32.2 Å². The van der Waals surface area contributed by atoms with Gasteiger partial charge in [0.1, 0.15) is 17.1 Å². The molecule has 1 aliphatic heterocycles. The molecule has 1 saturated heterocycles. The summed E-state index contributed by atoms with van der Waals surface area (Å²) in [6, 6.07) is -0.523. The topological polar surface area (TPSA) is 84.9 Å². The number of hydrogen-bond donors (Lipinski definition) is 1. The summed E-state index contributed by atoms with van der Waals surface area (Å²) in [4.78, 5) is 37.0. The Bertz CT molecular complexity index is 566. The number of ether oxygens (including phenoxy) is 2. The number of amides is 1. The summed E-state index contributed by atoms with van der Waals surface area (Å²) in [5.41, 5.74) is 1.47. The van der Waals surface area contributed by atoms with Gasteiger partial charge < -0.3 is 14.8 Å². The Labute approximate surface area is 140 Å². The Kier molecular flexibility index (Phi) is 6.68. The minimum atomic E-state index is -0.544. The molecule has 0 aliphatic carbocycles. The predicted octanol–water partition coefficient (Wildman–Crippen LogP) is 1.02. The molecule has 7 nitrogen and oxygen atoms in total. The number of β-lactam (4-membered cyclic amide) rings is 1. The van der Waals surface area contributed by atoms with Gasteiger partial charge in [-0.05, 0) is 32.6 Å². The molecule has 0 aromatic heterocycles. The number of carbonyl (C=O) groups is 3. The highest BCUT2D eigenvalue weighted by Gasteiger charge is 2.50. The molecule has 1 amide bonds. The van der Waals surface area contributed by atoms with Crippen molar-refractivity contribution in [1.82, 2.24) is 10.2 Å². The van der Waals surface area contributed by atoms with Crippen molar-refractivity contribution in [1.29, 1.82) is 0 Å². The van der Waals surface area contributed by atoms with Crippen LogP contribution in [0.2, 0.25) is 0 Å². The molecule has 1 N–H and O–H groups in total. The molecule has 2 atom stereocenters. The quantitative estimate of drug-likeness (QED) is 0.438. The van der Waals surface area contributed by atoms with Gasteiger partial charge in [0.25, 0.3) is 5.91 Å². The third kappa shape index (κ3) is 4.07. The first-order chi connectivity index (χ1) is 10.8. The molecule has 1 aliphatic rings. The second kappa shape index (κ2) is 8.05. The molecule has 128 valence electrons. The molecule has 1 rings (SSSR count). The van der Waals surface area contributed by atoms with Crippen LogP contribution in [0.1, 0.15) is 20.8 Å². The lowest BCUT2D eigenvalue weighted by Gasteiger charge is -2.47. The van der Waals surface area contributed by atoms with Crippen LogP contribution in [0.15, 0.2) is 23.0 Å². The number of esters is 2. The third-order valence-electron chi connectivity index (χ3n) is 3.30. The van der Waals surface area contributed by atoms with Crippen LogP contribution in [-0.4, -0.2) is 54.6 Å². The Morgan fingerprint density at radius 2 is 1.83 bits per heavy atom. The minimum absolute atomic E-state index is 0.247. The highest BCUT2D eigenvalue weighted by atomic mass is 32.2. The van der Waals surface area contributed by atoms with Crippen molar-refractivity contribution < 1.29 is 23.9 Å². The van der Waals surface area contributed by atoms with Gasteiger partial charge in [-0.2, -0.15) is 0 Å². The van der Waals surface area contributed by atoms with E-state index < -0.39 is 18.0 Å². The minimum Gasteiger partial charge on any atom is -0.466 e. The molecule has 8 heteroatoms. The zero-order chi connectivity index (χ0) is 17.7. The Hall–Kier alpha value is -1.96. The molecule has 0 radical (unpaired) electrons. The number of nitrogens with zero attached hydrogens (tertiary/aromatic N) is 1. The zero-order valence-electron chi connectivity index (χ0n) is 14.1. The number of hydrogen-bond acceptors (Lipinski definition) is 7. The number of rotatable bonds is 6. The van der Waals surface area contributed by atoms with Crippen molar-refractivity contribution in [2.24, 2.45) is 0 Å². The van der Waals surface area contributed by atoms with Gasteiger partial charge in [-0.25, -0.2) is 9.59 Å². The maximum atomic E-state index is 12.5. The standard InChI is InChI=1S/C15H22N2O5S/c1-8(2)12(15(20)22-5)17-13(19)11(14(17)23-6)16-9(3)7-10(18)21-4/h7,11,14,16H,1-6H3/b9-7-/t11-,14+/m0/s1. The summed E-state index contributed by atoms with van der Waals surface area (Å²) in [6.45, 7) is 5.17. The van der Waals surface area contributed by atoms with Crippen LogP contribution in [0.4, 0.5) is 0 Å². The average Bonchev–Trinajstić information content (AvgIpc) is 2.51. The van der Waals surface area contributed by atoms with Crippen LogP contribution in [0.5, 0.6) is 0 Å². The summed E-state index contributed by atoms with van der Waals surface area (Å²) in [5, 5.41) is 2.72. The highest BCUT2D eigenvalue weighted by molar-refractivity contribution is 7.99. The van der Waals surface area contributed by atoms with Gasteiger partial charge in [0.2, 0.25) is 0 Å². The van der Waals surface area contributed by atoms with Crippen molar-refractivity contribution in [2.75, 3.05) is 20.5 Å². The second-order valence-corrected chi connectivity index (χ2v) is 6.10. The lowest BCUT2D eigenvalue weighted by atomic mass is 10.0. The van der Waals surface area contributed by atoms with Crippen molar-refractivity contribution in [3.8, 4) is 0 Å². The number of carbonyl (C=O) groups excluding carboxylic acids is 3. The maximum absolute atomic E-state index is 12.5. The molecule has 1 fully saturated rings. The monoisotopic (exact) mass is 342 g/mol. The van der Waals surface area contributed by atoms with Crippen molar-refractivity contribution in [3.63, 3.8) is 0 Å². The largest absolute Gasteiger partial charge is 0.466 e. The van der Waals surface area contributed by atoms with E-state index in [1.165, 1.54) is 37.0 Å². The fraction of sp³-hybridized carbons (Fsp3) is 0.533. The molecule has 0 spiro atoms. The summed E-state index contributed by atoms with van der Waals surface area (Å²) in [5.74, 6) is -1.29. The summed E-state index contributed by atoms with van der Waals surface area (Å²) < 4.78 is 9.31. The van der Waals surface area contributed by atoms with E-state index in [0.717, 1.165) is 0 Å². The Morgan fingerprint density at radius 1 is 1.22 bits per heavy atom. The lowest BCUT2D eigenvalue weighted by molar-refractivity contribution is -0.150. The normalized spacial score (nSPS) is 20.5. The van der Waals surface area contributed by atoms with Gasteiger partial charge in [-0.3, -0.25) is 9.69 Å². The highest BCUT2D eigenvalue weighted by Crippen LogP contribution is 2.34. The van der Waals surface area contributed by atoms with Crippen molar-refractivity contribution >= 4 is 29.6 Å². The van der Waals surface area contributed by atoms with Gasteiger partial charge in [0.05, 0.1) is 14.2 Å². The fourth-order valence-electron chi connectivity index (χ4n) is 2.24. The number of likely N-dealkylation sites (tertiary alicyclic amines) is 1. The van der Waals surface area contributed by atoms with E-state index in [0.29, 0.717) is 11.3 Å². The van der Waals surface area contributed by atoms with E-state index in [9.17, 15) is 14.4 Å². The number of allylic oxidation sites excluding steroid dienone is 2. The molecule has 1 heterocycles. The number of thioether (sulfide) groups is 1. The van der Waals surface area contributed by atoms with Gasteiger partial charge in [-0.1, -0.05) is 0 Å². The van der Waals surface area contributed by atoms with Gasteiger partial charge in [0, 0.05) is 11.8 Å².